The molecule has 0 spiro atoms. The lowest BCUT2D eigenvalue weighted by atomic mass is 10.1. The number of hydrogen-bond acceptors (Lipinski definition) is 33. The zero-order valence-corrected chi connectivity index (χ0v) is 73.9. The minimum absolute atomic E-state index is 0.0813. The molecule has 6 heterocycles. The monoisotopic (exact) mass is 1850 g/mol. The molecule has 0 radical (unpaired) electrons. The van der Waals surface area contributed by atoms with Gasteiger partial charge in [-0.15, -0.1) is 29.7 Å². The number of hydrazone groups is 1. The van der Waals surface area contributed by atoms with Crippen LogP contribution in [0.15, 0.2) is 257 Å². The summed E-state index contributed by atoms with van der Waals surface area (Å²) in [5.74, 6) is 5.96. The molecule has 0 atom stereocenters. The molecule has 6 aromatic carbocycles. The number of nitrogens with one attached hydrogen (secondary N) is 5. The van der Waals surface area contributed by atoms with Gasteiger partial charge in [0.05, 0.1) is 62.8 Å². The molecule has 0 aliphatic rings. The third kappa shape index (κ3) is 40.7. The fourth-order valence-corrected chi connectivity index (χ4v) is 11.2. The number of amidine groups is 1. The number of aromatic carboxylic acids is 1. The summed E-state index contributed by atoms with van der Waals surface area (Å²) in [6, 6.07) is 66.6. The number of primary sulfonamides is 2. The van der Waals surface area contributed by atoms with E-state index in [-0.39, 0.29) is 77.0 Å². The van der Waals surface area contributed by atoms with E-state index in [0.717, 1.165) is 70.1 Å². The minimum Gasteiger partial charge on any atom is -0.475 e. The Morgan fingerprint density at radius 3 is 1.33 bits per heavy atom. The van der Waals surface area contributed by atoms with E-state index in [9.17, 15) is 50.4 Å². The number of carboxylic acid groups (broad SMARTS) is 1. The van der Waals surface area contributed by atoms with Crippen molar-refractivity contribution in [1.29, 1.82) is 5.41 Å². The van der Waals surface area contributed by atoms with Crippen LogP contribution >= 0.6 is 23.6 Å². The van der Waals surface area contributed by atoms with Crippen molar-refractivity contribution in [1.82, 2.24) is 75.8 Å². The SMILES string of the molecule is CCOC(=N)C(=O)OCC.CCOC(=O)C(N)=NNC(=O)Cc1ccccc1.CCOC(=O)c1n[nH]c(Cc2ccccc2)n1.CCOC(=O)c1nc(Cc2ccccc2)n(-c2ccc(S(N)(=O)=O)cn2)n1.CNCCc1ccccc1.NNC(=O)Cc1ccccc1.NOOSc1ccc(Cl)nc1.NS(=O)(=O)c1ccc(-n2nc(C(=O)O)nc2Cc2ccccc2)nc1. The number of nitrogens with zero attached hydrogens (tertiary/aromatic N) is 12. The Hall–Kier alpha value is -14.3. The summed E-state index contributed by atoms with van der Waals surface area (Å²) in [6.07, 6.45) is 6.74. The minimum atomic E-state index is -3.87. The third-order valence-electron chi connectivity index (χ3n) is 15.6. The topological polar surface area (TPSA) is 617 Å². The fourth-order valence-electron chi connectivity index (χ4n) is 9.81. The normalized spacial score (nSPS) is 10.5. The first-order valence-corrected chi connectivity index (χ1v) is 42.9. The molecule has 12 aromatic rings. The summed E-state index contributed by atoms with van der Waals surface area (Å²) in [5.41, 5.74) is 15.8. The Morgan fingerprint density at radius 1 is 0.512 bits per heavy atom. The summed E-state index contributed by atoms with van der Waals surface area (Å²) in [7, 11) is -5.75. The van der Waals surface area contributed by atoms with E-state index >= 15 is 0 Å². The number of nitrogens with two attached hydrogens (primary N) is 5. The summed E-state index contributed by atoms with van der Waals surface area (Å²) in [6.45, 7) is 10.8. The van der Waals surface area contributed by atoms with Crippen LogP contribution in [0, 0.1) is 5.41 Å². The summed E-state index contributed by atoms with van der Waals surface area (Å²) in [4.78, 5) is 107. The van der Waals surface area contributed by atoms with Crippen molar-refractivity contribution in [2.45, 2.75) is 87.8 Å². The zero-order chi connectivity index (χ0) is 94.4. The number of carbonyl (C=O) groups is 7. The standard InChI is InChI=1S/C17H17N5O4S.C15H13N5O4S.C12H15N3O3.C12H13N3O2.C9H13N.C8H10N2O.C6H11NO3.C5H5ClN2O2S/c1-2-26-17(23)16-20-15(10-12-6-4-3-5-7-12)22(21-16)14-9-8-13(11-19-14)27(18,24)25;16-25(23,24)11-6-7-12(17-9-11)20-13(18-14(19-20)15(21)22)8-10-4-2-1-3-5-10;1-2-18-12(17)11(13)15-14-10(16)8-9-6-4-3-5-7-9;1-2-17-12(16)11-13-10(14-15-11)8-9-6-4-3-5-7-9;1-10-8-7-9-5-3-2-4-6-9;9-10-8(11)6-7-4-2-1-3-5-7;1-3-9-5(7)6(8)10-4-2;6-5-2-1-4(3-8-5)11-10-9-7/h3-9,11H,2,10H2,1H3,(H2,18,24,25);1-7,9H,8H2,(H,21,22)(H2,16,23,24);3-7H,2,8H2,1H3,(H2,13,15)(H,14,16);3-7H,2,8H2,1H3,(H,13,14,15);2-6,10H,7-8H2,1H3;1-5H,6,9H2,(H,10,11);7H,3-4H2,1-2H3;1-3H,7H2. The third-order valence-corrected chi connectivity index (χ3v) is 18.2. The van der Waals surface area contributed by atoms with E-state index in [2.05, 4.69) is 125 Å². The number of pyridine rings is 3. The van der Waals surface area contributed by atoms with Crippen molar-refractivity contribution in [3.63, 3.8) is 0 Å². The number of rotatable bonds is 29. The van der Waals surface area contributed by atoms with E-state index in [1.54, 1.807) is 52.9 Å². The van der Waals surface area contributed by atoms with Gasteiger partial charge in [0.25, 0.3) is 23.4 Å². The van der Waals surface area contributed by atoms with Crippen molar-refractivity contribution in [3.05, 3.63) is 310 Å². The number of aromatic amines is 1. The fraction of sp³-hybridized carbons (Fsp3) is 0.214. The number of carboxylic acids is 1. The summed E-state index contributed by atoms with van der Waals surface area (Å²) in [5, 5.41) is 47.8. The maximum atomic E-state index is 12.0. The van der Waals surface area contributed by atoms with Gasteiger partial charge in [-0.1, -0.05) is 194 Å². The van der Waals surface area contributed by atoms with Crippen molar-refractivity contribution < 1.29 is 88.5 Å². The smallest absolute Gasteiger partial charge is 0.393 e. The molecule has 0 fully saturated rings. The molecule has 12 rings (SSSR count). The van der Waals surface area contributed by atoms with Crippen molar-refractivity contribution >= 4 is 97.1 Å². The summed E-state index contributed by atoms with van der Waals surface area (Å²) < 4.78 is 75.8. The molecule has 0 saturated heterocycles. The molecular weight excluding hydrogens is 1750 g/mol. The largest absolute Gasteiger partial charge is 0.475 e. The van der Waals surface area contributed by atoms with Gasteiger partial charge < -0.3 is 39.8 Å². The Balaban J connectivity index is 0.000000269. The van der Waals surface area contributed by atoms with Gasteiger partial charge in [0.1, 0.15) is 32.4 Å². The number of likely N-dealkylation sites (N-methyl/N-ethyl adjacent to an activating group) is 1. The number of amides is 2. The predicted octanol–water partition coefficient (Wildman–Crippen LogP) is 7.22. The van der Waals surface area contributed by atoms with Crippen LogP contribution in [0.1, 0.15) is 117 Å². The van der Waals surface area contributed by atoms with Crippen LogP contribution in [0.2, 0.25) is 5.15 Å². The first-order valence-electron chi connectivity index (χ1n) is 38.7. The molecule has 0 aliphatic heterocycles. The van der Waals surface area contributed by atoms with Crippen LogP contribution in [-0.4, -0.2) is 182 Å². The highest BCUT2D eigenvalue weighted by Crippen LogP contribution is 2.20. The van der Waals surface area contributed by atoms with E-state index in [1.807, 2.05) is 165 Å². The number of halogens is 1. The first-order chi connectivity index (χ1) is 61.9. The predicted molar refractivity (Wildman–Crippen MR) is 475 cm³/mol. The number of sulfonamides is 2. The lowest BCUT2D eigenvalue weighted by Crippen LogP contribution is -2.31. The highest BCUT2D eigenvalue weighted by Gasteiger charge is 2.23. The number of hydrogen-bond donors (Lipinski definition) is 11. The number of benzene rings is 6. The van der Waals surface area contributed by atoms with Crippen LogP contribution < -0.4 is 43.9 Å². The van der Waals surface area contributed by atoms with Gasteiger partial charge in [0, 0.05) is 37.9 Å². The summed E-state index contributed by atoms with van der Waals surface area (Å²) >= 11 is 6.49. The quantitative estimate of drug-likeness (QED) is 0.00210. The molecule has 0 saturated carbocycles. The number of esters is 4. The molecule has 6 aromatic heterocycles. The second-order valence-electron chi connectivity index (χ2n) is 25.2. The number of aromatic nitrogens is 12. The van der Waals surface area contributed by atoms with Crippen LogP contribution in [0.3, 0.4) is 0 Å². The highest BCUT2D eigenvalue weighted by molar-refractivity contribution is 7.94. The number of ether oxygens (including phenoxy) is 5. The Kier molecular flexibility index (Phi) is 47.4. The van der Waals surface area contributed by atoms with Gasteiger partial charge in [-0.3, -0.25) is 25.5 Å². The number of H-pyrrole nitrogens is 1. The van der Waals surface area contributed by atoms with Crippen LogP contribution in [0.25, 0.3) is 11.6 Å². The lowest BCUT2D eigenvalue weighted by Gasteiger charge is -2.06. The second-order valence-corrected chi connectivity index (χ2v) is 29.5. The van der Waals surface area contributed by atoms with Crippen molar-refractivity contribution in [2.24, 2.45) is 32.9 Å². The number of carbonyl (C=O) groups excluding carboxylic acids is 6. The maximum Gasteiger partial charge on any atom is 0.393 e. The van der Waals surface area contributed by atoms with Crippen LogP contribution in [-0.2, 0) is 111 Å². The van der Waals surface area contributed by atoms with E-state index in [1.165, 1.54) is 39.2 Å². The molecule has 16 N–H and O–H groups in total. The Bertz CT molecular complexity index is 5680. The molecular formula is C84H97ClN22O19S3. The number of hydrazine groups is 1. The maximum absolute atomic E-state index is 12.0. The first kappa shape index (κ1) is 105. The lowest BCUT2D eigenvalue weighted by molar-refractivity contribution is -0.195. The zero-order valence-electron chi connectivity index (χ0n) is 70.7. The van der Waals surface area contributed by atoms with E-state index in [0.29, 0.717) is 67.3 Å². The molecule has 0 aliphatic carbocycles. The van der Waals surface area contributed by atoms with Crippen molar-refractivity contribution in [3.8, 4) is 11.6 Å². The molecule has 0 bridgehead atoms. The van der Waals surface area contributed by atoms with Gasteiger partial charge in [0.15, 0.2) is 11.6 Å². The molecule has 682 valence electrons. The van der Waals surface area contributed by atoms with E-state index < -0.39 is 55.8 Å². The molecule has 129 heavy (non-hydrogen) atoms. The van der Waals surface area contributed by atoms with Gasteiger partial charge in [-0.25, -0.2) is 92.3 Å². The van der Waals surface area contributed by atoms with E-state index in [4.69, 9.17) is 53.4 Å². The Morgan fingerprint density at radius 2 is 0.930 bits per heavy atom. The van der Waals surface area contributed by atoms with Crippen LogP contribution in [0.5, 0.6) is 0 Å². The highest BCUT2D eigenvalue weighted by atomic mass is 35.5. The Labute approximate surface area is 752 Å². The van der Waals surface area contributed by atoms with Crippen molar-refractivity contribution in [2.75, 3.05) is 46.6 Å². The average molecular weight is 1850 g/mol. The second kappa shape index (κ2) is 58.1. The molecule has 41 nitrogen and oxygen atoms in total. The molecule has 0 unspecified atom stereocenters. The van der Waals surface area contributed by atoms with Gasteiger partial charge in [0.2, 0.25) is 37.7 Å². The van der Waals surface area contributed by atoms with Gasteiger partial charge in [-0.05, 0) is 124 Å². The molecule has 45 heteroatoms. The van der Waals surface area contributed by atoms with Crippen LogP contribution in [0.4, 0.5) is 0 Å². The molecule has 2 amide bonds. The average Bonchev–Trinajstić information content (AvgIpc) is 1.66. The van der Waals surface area contributed by atoms with Gasteiger partial charge >= 0.3 is 29.8 Å². The van der Waals surface area contributed by atoms with Gasteiger partial charge in [-0.2, -0.15) is 15.3 Å².